The molecule has 0 saturated carbocycles. The van der Waals surface area contributed by atoms with E-state index >= 15 is 0 Å². The SMILES string of the molecule is CCOC(=O)C(c1ccc(C(C)(C)C(F)(F)F)cc1)C(C)C(F)(F)F. The van der Waals surface area contributed by atoms with Crippen LogP contribution in [0, 0.1) is 5.92 Å². The third kappa shape index (κ3) is 4.67. The minimum atomic E-state index is -4.65. The van der Waals surface area contributed by atoms with Crippen LogP contribution < -0.4 is 0 Å². The van der Waals surface area contributed by atoms with E-state index in [1.165, 1.54) is 6.92 Å². The lowest BCUT2D eigenvalue weighted by Crippen LogP contribution is -2.36. The van der Waals surface area contributed by atoms with Crippen molar-refractivity contribution in [2.24, 2.45) is 5.92 Å². The zero-order valence-corrected chi connectivity index (χ0v) is 14.3. The number of esters is 1. The first-order valence-corrected chi connectivity index (χ1v) is 7.64. The molecule has 142 valence electrons. The summed E-state index contributed by atoms with van der Waals surface area (Å²) in [6, 6.07) is 4.43. The summed E-state index contributed by atoms with van der Waals surface area (Å²) in [6.07, 6.45) is -9.17. The van der Waals surface area contributed by atoms with Crippen molar-refractivity contribution < 1.29 is 35.9 Å². The van der Waals surface area contributed by atoms with Gasteiger partial charge in [0.05, 0.1) is 23.9 Å². The van der Waals surface area contributed by atoms with Crippen LogP contribution in [0.2, 0.25) is 0 Å². The molecule has 0 bridgehead atoms. The van der Waals surface area contributed by atoms with Crippen LogP contribution in [0.4, 0.5) is 26.3 Å². The van der Waals surface area contributed by atoms with E-state index < -0.39 is 35.6 Å². The number of benzene rings is 1. The predicted octanol–water partition coefficient (Wildman–Crippen LogP) is 5.37. The van der Waals surface area contributed by atoms with Gasteiger partial charge >= 0.3 is 18.3 Å². The molecule has 0 heterocycles. The summed E-state index contributed by atoms with van der Waals surface area (Å²) in [4.78, 5) is 12.0. The molecule has 0 aromatic heterocycles. The van der Waals surface area contributed by atoms with Crippen molar-refractivity contribution in [1.82, 2.24) is 0 Å². The molecular formula is C17H20F6O2. The molecule has 8 heteroatoms. The molecule has 0 aliphatic heterocycles. The summed E-state index contributed by atoms with van der Waals surface area (Å²) in [7, 11) is 0. The highest BCUT2D eigenvalue weighted by atomic mass is 19.4. The van der Waals surface area contributed by atoms with Crippen LogP contribution in [-0.2, 0) is 14.9 Å². The van der Waals surface area contributed by atoms with Crippen LogP contribution in [0.5, 0.6) is 0 Å². The first-order chi connectivity index (χ1) is 11.2. The van der Waals surface area contributed by atoms with Gasteiger partial charge in [0.25, 0.3) is 0 Å². The monoisotopic (exact) mass is 370 g/mol. The zero-order valence-electron chi connectivity index (χ0n) is 14.3. The highest BCUT2D eigenvalue weighted by Gasteiger charge is 2.49. The maximum atomic E-state index is 13.1. The molecule has 1 aromatic carbocycles. The third-order valence-corrected chi connectivity index (χ3v) is 4.26. The highest BCUT2D eigenvalue weighted by Crippen LogP contribution is 2.42. The van der Waals surface area contributed by atoms with Gasteiger partial charge in [-0.25, -0.2) is 0 Å². The van der Waals surface area contributed by atoms with Crippen molar-refractivity contribution in [3.8, 4) is 0 Å². The van der Waals surface area contributed by atoms with E-state index in [0.717, 1.165) is 45.0 Å². The summed E-state index contributed by atoms with van der Waals surface area (Å²) in [5, 5.41) is 0. The second-order valence-electron chi connectivity index (χ2n) is 6.30. The van der Waals surface area contributed by atoms with Crippen LogP contribution in [0.1, 0.15) is 44.7 Å². The van der Waals surface area contributed by atoms with Gasteiger partial charge < -0.3 is 4.74 Å². The number of rotatable bonds is 5. The molecule has 1 rings (SSSR count). The number of carbonyl (C=O) groups is 1. The number of alkyl halides is 6. The lowest BCUT2D eigenvalue weighted by molar-refractivity contribution is -0.185. The Morgan fingerprint density at radius 2 is 1.52 bits per heavy atom. The maximum Gasteiger partial charge on any atom is 0.397 e. The van der Waals surface area contributed by atoms with Crippen molar-refractivity contribution in [2.75, 3.05) is 6.61 Å². The van der Waals surface area contributed by atoms with Crippen molar-refractivity contribution in [2.45, 2.75) is 51.4 Å². The Morgan fingerprint density at radius 3 is 1.88 bits per heavy atom. The van der Waals surface area contributed by atoms with E-state index in [4.69, 9.17) is 4.74 Å². The number of hydrogen-bond acceptors (Lipinski definition) is 2. The molecule has 2 unspecified atom stereocenters. The first kappa shape index (κ1) is 21.3. The van der Waals surface area contributed by atoms with Gasteiger partial charge in [0.2, 0.25) is 0 Å². The van der Waals surface area contributed by atoms with Crippen LogP contribution in [0.25, 0.3) is 0 Å². The van der Waals surface area contributed by atoms with E-state index in [1.807, 2.05) is 0 Å². The van der Waals surface area contributed by atoms with Crippen LogP contribution in [-0.4, -0.2) is 24.9 Å². The van der Waals surface area contributed by atoms with Gasteiger partial charge in [-0.2, -0.15) is 26.3 Å². The highest BCUT2D eigenvalue weighted by molar-refractivity contribution is 5.78. The maximum absolute atomic E-state index is 13.1. The van der Waals surface area contributed by atoms with E-state index in [-0.39, 0.29) is 17.7 Å². The average molecular weight is 370 g/mol. The van der Waals surface area contributed by atoms with E-state index in [9.17, 15) is 31.1 Å². The molecule has 0 spiro atoms. The number of ether oxygens (including phenoxy) is 1. The second kappa shape index (κ2) is 7.25. The molecule has 0 aliphatic carbocycles. The molecule has 0 radical (unpaired) electrons. The minimum absolute atomic E-state index is 0.0370. The molecule has 2 atom stereocenters. The molecule has 0 N–H and O–H groups in total. The fourth-order valence-electron chi connectivity index (χ4n) is 2.32. The first-order valence-electron chi connectivity index (χ1n) is 7.64. The Kier molecular flexibility index (Phi) is 6.18. The Hall–Kier alpha value is -1.73. The molecule has 0 saturated heterocycles. The Balaban J connectivity index is 3.28. The molecule has 1 aromatic rings. The summed E-state index contributed by atoms with van der Waals surface area (Å²) >= 11 is 0. The topological polar surface area (TPSA) is 26.3 Å². The van der Waals surface area contributed by atoms with E-state index in [0.29, 0.717) is 0 Å². The molecular weight excluding hydrogens is 350 g/mol. The quantitative estimate of drug-likeness (QED) is 0.514. The largest absolute Gasteiger partial charge is 0.466 e. The fraction of sp³-hybridized carbons (Fsp3) is 0.588. The molecule has 0 aliphatic rings. The summed E-state index contributed by atoms with van der Waals surface area (Å²) < 4.78 is 83.1. The van der Waals surface area contributed by atoms with Gasteiger partial charge in [0, 0.05) is 0 Å². The Bertz CT molecular complexity index is 587. The van der Waals surface area contributed by atoms with Gasteiger partial charge in [-0.15, -0.1) is 0 Å². The van der Waals surface area contributed by atoms with E-state index in [1.54, 1.807) is 0 Å². The third-order valence-electron chi connectivity index (χ3n) is 4.26. The number of hydrogen-bond donors (Lipinski definition) is 0. The average Bonchev–Trinajstić information content (AvgIpc) is 2.46. The van der Waals surface area contributed by atoms with Gasteiger partial charge in [-0.1, -0.05) is 31.2 Å². The summed E-state index contributed by atoms with van der Waals surface area (Å²) in [6.45, 7) is 4.16. The molecule has 25 heavy (non-hydrogen) atoms. The van der Waals surface area contributed by atoms with Crippen LogP contribution >= 0.6 is 0 Å². The number of halogens is 6. The van der Waals surface area contributed by atoms with Crippen molar-refractivity contribution in [3.63, 3.8) is 0 Å². The normalized spacial score (nSPS) is 15.6. The van der Waals surface area contributed by atoms with Crippen molar-refractivity contribution in [1.29, 1.82) is 0 Å². The lowest BCUT2D eigenvalue weighted by Gasteiger charge is -2.29. The molecule has 0 amide bonds. The lowest BCUT2D eigenvalue weighted by atomic mass is 9.81. The summed E-state index contributed by atoms with van der Waals surface area (Å²) in [5.74, 6) is -4.73. The minimum Gasteiger partial charge on any atom is -0.466 e. The van der Waals surface area contributed by atoms with Gasteiger partial charge in [0.1, 0.15) is 0 Å². The van der Waals surface area contributed by atoms with Crippen LogP contribution in [0.3, 0.4) is 0 Å². The fourth-order valence-corrected chi connectivity index (χ4v) is 2.32. The second-order valence-corrected chi connectivity index (χ2v) is 6.30. The van der Waals surface area contributed by atoms with Gasteiger partial charge in [-0.05, 0) is 31.9 Å². The van der Waals surface area contributed by atoms with Gasteiger partial charge in [-0.3, -0.25) is 4.79 Å². The standard InChI is InChI=1S/C17H20F6O2/c1-5-25-14(24)13(10(2)16(18,19)20)11-6-8-12(9-7-11)15(3,4)17(21,22)23/h6-10,13H,5H2,1-4H3. The van der Waals surface area contributed by atoms with Crippen molar-refractivity contribution >= 4 is 5.97 Å². The number of carbonyl (C=O) groups excluding carboxylic acids is 1. The molecule has 0 fully saturated rings. The van der Waals surface area contributed by atoms with Crippen LogP contribution in [0.15, 0.2) is 24.3 Å². The zero-order chi connectivity index (χ0) is 19.6. The predicted molar refractivity (Wildman–Crippen MR) is 80.1 cm³/mol. The van der Waals surface area contributed by atoms with Crippen molar-refractivity contribution in [3.05, 3.63) is 35.4 Å². The smallest absolute Gasteiger partial charge is 0.397 e. The Labute approximate surface area is 142 Å². The van der Waals surface area contributed by atoms with Gasteiger partial charge in [0.15, 0.2) is 0 Å². The molecule has 2 nitrogen and oxygen atoms in total. The van der Waals surface area contributed by atoms with E-state index in [2.05, 4.69) is 0 Å². The summed E-state index contributed by atoms with van der Waals surface area (Å²) in [5.41, 5.74) is -2.31. The Morgan fingerprint density at radius 1 is 1.04 bits per heavy atom.